The van der Waals surface area contributed by atoms with Gasteiger partial charge >= 0.3 is 0 Å². The van der Waals surface area contributed by atoms with Gasteiger partial charge in [-0.2, -0.15) is 5.10 Å². The maximum atomic E-state index is 12.2. The minimum Gasteiger partial charge on any atom is -0.494 e. The third kappa shape index (κ3) is 3.42. The number of aromatic amines is 1. The first-order valence-corrected chi connectivity index (χ1v) is 7.36. The zero-order valence-electron chi connectivity index (χ0n) is 12.7. The van der Waals surface area contributed by atoms with E-state index in [0.717, 1.165) is 11.3 Å². The van der Waals surface area contributed by atoms with Gasteiger partial charge < -0.3 is 14.5 Å². The number of benzene rings is 1. The van der Waals surface area contributed by atoms with Crippen molar-refractivity contribution in [3.63, 3.8) is 0 Å². The average Bonchev–Trinajstić information content (AvgIpc) is 3.25. The molecule has 3 rings (SSSR count). The summed E-state index contributed by atoms with van der Waals surface area (Å²) in [6.45, 7) is 2.88. The van der Waals surface area contributed by atoms with Crippen molar-refractivity contribution in [3.8, 4) is 17.2 Å². The largest absolute Gasteiger partial charge is 0.494 e. The second-order valence-electron chi connectivity index (χ2n) is 4.87. The molecule has 0 atom stereocenters. The highest BCUT2D eigenvalue weighted by molar-refractivity contribution is 5.93. The summed E-state index contributed by atoms with van der Waals surface area (Å²) in [5.74, 6) is 1.15. The molecule has 0 saturated heterocycles. The molecule has 0 aliphatic carbocycles. The van der Waals surface area contributed by atoms with Gasteiger partial charge in [0.25, 0.3) is 5.91 Å². The molecule has 23 heavy (non-hydrogen) atoms. The van der Waals surface area contributed by atoms with Gasteiger partial charge in [0.2, 0.25) is 0 Å². The van der Waals surface area contributed by atoms with Crippen LogP contribution in [0.4, 0.5) is 0 Å². The van der Waals surface area contributed by atoms with Crippen LogP contribution in [0.1, 0.15) is 23.0 Å². The summed E-state index contributed by atoms with van der Waals surface area (Å²) in [5, 5.41) is 9.65. The van der Waals surface area contributed by atoms with Crippen LogP contribution in [-0.4, -0.2) is 22.7 Å². The first-order valence-electron chi connectivity index (χ1n) is 7.36. The molecule has 0 spiro atoms. The Morgan fingerprint density at radius 2 is 2.17 bits per heavy atom. The van der Waals surface area contributed by atoms with Crippen LogP contribution in [-0.2, 0) is 6.54 Å². The van der Waals surface area contributed by atoms with Crippen LogP contribution in [0.15, 0.2) is 53.1 Å². The molecule has 6 heteroatoms. The van der Waals surface area contributed by atoms with Crippen LogP contribution in [0.25, 0.3) is 11.5 Å². The summed E-state index contributed by atoms with van der Waals surface area (Å²) in [5.41, 5.74) is 1.89. The van der Waals surface area contributed by atoms with E-state index in [4.69, 9.17) is 9.15 Å². The fraction of sp³-hybridized carbons (Fsp3) is 0.176. The lowest BCUT2D eigenvalue weighted by molar-refractivity contribution is 0.0945. The van der Waals surface area contributed by atoms with E-state index in [2.05, 4.69) is 15.5 Å². The molecule has 2 aromatic heterocycles. The molecule has 118 valence electrons. The van der Waals surface area contributed by atoms with Crippen molar-refractivity contribution in [2.45, 2.75) is 13.5 Å². The zero-order valence-corrected chi connectivity index (χ0v) is 12.7. The van der Waals surface area contributed by atoms with Crippen LogP contribution in [0.2, 0.25) is 0 Å². The van der Waals surface area contributed by atoms with Crippen LogP contribution >= 0.6 is 0 Å². The summed E-state index contributed by atoms with van der Waals surface area (Å²) in [7, 11) is 0. The Hall–Kier alpha value is -3.02. The molecule has 0 aliphatic rings. The molecular formula is C17H17N3O3. The molecule has 0 aliphatic heterocycles. The van der Waals surface area contributed by atoms with Crippen molar-refractivity contribution in [2.24, 2.45) is 0 Å². The number of rotatable bonds is 6. The number of para-hydroxylation sites is 1. The maximum Gasteiger partial charge on any atom is 0.272 e. The van der Waals surface area contributed by atoms with E-state index in [1.807, 2.05) is 31.2 Å². The number of nitrogens with one attached hydrogen (secondary N) is 2. The number of hydrogen-bond acceptors (Lipinski definition) is 4. The van der Waals surface area contributed by atoms with Crippen molar-refractivity contribution in [1.29, 1.82) is 0 Å². The molecule has 3 aromatic rings. The number of hydrogen-bond donors (Lipinski definition) is 2. The summed E-state index contributed by atoms with van der Waals surface area (Å²) in [6.07, 6.45) is 1.57. The van der Waals surface area contributed by atoms with E-state index in [1.54, 1.807) is 24.5 Å². The third-order valence-corrected chi connectivity index (χ3v) is 3.31. The normalized spacial score (nSPS) is 10.5. The van der Waals surface area contributed by atoms with Crippen LogP contribution < -0.4 is 10.1 Å². The predicted molar refractivity (Wildman–Crippen MR) is 85.1 cm³/mol. The standard InChI is InChI=1S/C17H17N3O3/c1-2-22-15-7-4-3-6-12(15)11-18-17(21)14-10-13(19-20-14)16-8-5-9-23-16/h3-10H,2,11H2,1H3,(H,18,21)(H,19,20). The molecule has 2 heterocycles. The number of carbonyl (C=O) groups excluding carboxylic acids is 1. The van der Waals surface area contributed by atoms with Gasteiger partial charge in [0, 0.05) is 18.2 Å². The highest BCUT2D eigenvalue weighted by Crippen LogP contribution is 2.19. The fourth-order valence-electron chi connectivity index (χ4n) is 2.21. The van der Waals surface area contributed by atoms with Crippen molar-refractivity contribution >= 4 is 5.91 Å². The second-order valence-corrected chi connectivity index (χ2v) is 4.87. The van der Waals surface area contributed by atoms with Crippen molar-refractivity contribution in [3.05, 3.63) is 60.0 Å². The van der Waals surface area contributed by atoms with Gasteiger partial charge in [-0.15, -0.1) is 0 Å². The fourth-order valence-corrected chi connectivity index (χ4v) is 2.21. The van der Waals surface area contributed by atoms with Crippen molar-refractivity contribution in [2.75, 3.05) is 6.61 Å². The van der Waals surface area contributed by atoms with E-state index in [1.165, 1.54) is 0 Å². The Balaban J connectivity index is 1.66. The van der Waals surface area contributed by atoms with Gasteiger partial charge in [-0.1, -0.05) is 18.2 Å². The van der Waals surface area contributed by atoms with Gasteiger partial charge in [0.05, 0.1) is 12.9 Å². The summed E-state index contributed by atoms with van der Waals surface area (Å²) >= 11 is 0. The first-order chi connectivity index (χ1) is 11.3. The Bertz CT molecular complexity index is 778. The summed E-state index contributed by atoms with van der Waals surface area (Å²) in [4.78, 5) is 12.2. The molecule has 1 aromatic carbocycles. The summed E-state index contributed by atoms with van der Waals surface area (Å²) < 4.78 is 10.8. The predicted octanol–water partition coefficient (Wildman–Crippen LogP) is 3.00. The molecule has 6 nitrogen and oxygen atoms in total. The minimum atomic E-state index is -0.259. The number of aromatic nitrogens is 2. The highest BCUT2D eigenvalue weighted by atomic mass is 16.5. The molecule has 0 saturated carbocycles. The third-order valence-electron chi connectivity index (χ3n) is 3.31. The van der Waals surface area contributed by atoms with E-state index < -0.39 is 0 Å². The van der Waals surface area contributed by atoms with Gasteiger partial charge in [0.1, 0.15) is 11.4 Å². The van der Waals surface area contributed by atoms with Gasteiger partial charge in [0.15, 0.2) is 11.5 Å². The average molecular weight is 311 g/mol. The zero-order chi connectivity index (χ0) is 16.1. The second kappa shape index (κ2) is 6.83. The number of H-pyrrole nitrogens is 1. The SMILES string of the molecule is CCOc1ccccc1CNC(=O)c1cc(-c2ccco2)[nH]n1. The first kappa shape index (κ1) is 14.9. The number of amides is 1. The van der Waals surface area contributed by atoms with Gasteiger partial charge in [-0.3, -0.25) is 9.89 Å². The highest BCUT2D eigenvalue weighted by Gasteiger charge is 2.13. The Morgan fingerprint density at radius 3 is 2.96 bits per heavy atom. The summed E-state index contributed by atoms with van der Waals surface area (Å²) in [6, 6.07) is 12.8. The van der Waals surface area contributed by atoms with E-state index in [9.17, 15) is 4.79 Å². The lowest BCUT2D eigenvalue weighted by Crippen LogP contribution is -2.23. The van der Waals surface area contributed by atoms with Crippen molar-refractivity contribution < 1.29 is 13.9 Å². The van der Waals surface area contributed by atoms with E-state index >= 15 is 0 Å². The number of nitrogens with zero attached hydrogens (tertiary/aromatic N) is 1. The monoisotopic (exact) mass is 311 g/mol. The van der Waals surface area contributed by atoms with Gasteiger partial charge in [-0.25, -0.2) is 0 Å². The van der Waals surface area contributed by atoms with Crippen molar-refractivity contribution in [1.82, 2.24) is 15.5 Å². The molecular weight excluding hydrogens is 294 g/mol. The molecule has 0 bridgehead atoms. The van der Waals surface area contributed by atoms with E-state index in [0.29, 0.717) is 30.3 Å². The minimum absolute atomic E-state index is 0.259. The topological polar surface area (TPSA) is 80.1 Å². The number of ether oxygens (including phenoxy) is 1. The van der Waals surface area contributed by atoms with Crippen LogP contribution in [0, 0.1) is 0 Å². The molecule has 2 N–H and O–H groups in total. The lowest BCUT2D eigenvalue weighted by Gasteiger charge is -2.10. The Kier molecular flexibility index (Phi) is 4.42. The van der Waals surface area contributed by atoms with Gasteiger partial charge in [-0.05, 0) is 25.1 Å². The maximum absolute atomic E-state index is 12.2. The molecule has 1 amide bonds. The molecule has 0 fully saturated rings. The van der Waals surface area contributed by atoms with Crippen LogP contribution in [0.3, 0.4) is 0 Å². The quantitative estimate of drug-likeness (QED) is 0.733. The number of furan rings is 1. The smallest absolute Gasteiger partial charge is 0.272 e. The van der Waals surface area contributed by atoms with E-state index in [-0.39, 0.29) is 5.91 Å². The number of carbonyl (C=O) groups is 1. The Labute approximate surface area is 133 Å². The lowest BCUT2D eigenvalue weighted by atomic mass is 10.2. The molecule has 0 radical (unpaired) electrons. The molecule has 0 unspecified atom stereocenters. The van der Waals surface area contributed by atoms with Crippen LogP contribution in [0.5, 0.6) is 5.75 Å². The Morgan fingerprint density at radius 1 is 1.30 bits per heavy atom.